The molecule has 268 valence electrons. The molecule has 0 radical (unpaired) electrons. The number of carboxylic acid groups (broad SMARTS) is 1. The predicted octanol–water partition coefficient (Wildman–Crippen LogP) is 6.76. The van der Waals surface area contributed by atoms with Gasteiger partial charge in [0, 0.05) is 49.1 Å². The van der Waals surface area contributed by atoms with Crippen LogP contribution in [-0.2, 0) is 37.8 Å². The highest BCUT2D eigenvalue weighted by molar-refractivity contribution is 6.30. The van der Waals surface area contributed by atoms with Crippen molar-refractivity contribution in [1.29, 1.82) is 0 Å². The lowest BCUT2D eigenvalue weighted by Gasteiger charge is -2.45. The third-order valence-corrected chi connectivity index (χ3v) is 10.4. The zero-order valence-electron chi connectivity index (χ0n) is 28.7. The number of benzene rings is 4. The molecular formula is C41H45ClN2O7. The number of aliphatic hydroxyl groups is 2. The highest BCUT2D eigenvalue weighted by Gasteiger charge is 2.41. The molecule has 2 aliphatic heterocycles. The van der Waals surface area contributed by atoms with Crippen molar-refractivity contribution >= 4 is 23.5 Å². The Morgan fingerprint density at radius 3 is 2.22 bits per heavy atom. The van der Waals surface area contributed by atoms with E-state index >= 15 is 0 Å². The highest BCUT2D eigenvalue weighted by atomic mass is 35.5. The SMILES string of the molecule is C[C@H]1[C@@H](CN2CCC(O)(c3ccc(Cl)cc3)CC2)O[C@@H](c2ccc(-c3ccccc3CNC(=O)CCC(=O)O)cc2)O[C@H]1c1ccc(CO)cc1. The molecule has 2 saturated heterocycles. The molecule has 4 aromatic carbocycles. The van der Waals surface area contributed by atoms with Crippen LogP contribution in [0.25, 0.3) is 11.1 Å². The molecule has 6 rings (SSSR count). The quantitative estimate of drug-likeness (QED) is 0.127. The second-order valence-electron chi connectivity index (χ2n) is 13.6. The largest absolute Gasteiger partial charge is 0.481 e. The smallest absolute Gasteiger partial charge is 0.303 e. The van der Waals surface area contributed by atoms with Gasteiger partial charge < -0.3 is 35.0 Å². The Morgan fingerprint density at radius 2 is 1.55 bits per heavy atom. The average Bonchev–Trinajstić information content (AvgIpc) is 3.15. The van der Waals surface area contributed by atoms with Crippen LogP contribution in [0.5, 0.6) is 0 Å². The number of aliphatic carboxylic acids is 1. The Morgan fingerprint density at radius 1 is 0.882 bits per heavy atom. The van der Waals surface area contributed by atoms with Crippen molar-refractivity contribution in [1.82, 2.24) is 10.2 Å². The van der Waals surface area contributed by atoms with Crippen molar-refractivity contribution in [3.8, 4) is 11.1 Å². The van der Waals surface area contributed by atoms with Gasteiger partial charge in [0.1, 0.15) is 0 Å². The first-order valence-corrected chi connectivity index (χ1v) is 17.9. The summed E-state index contributed by atoms with van der Waals surface area (Å²) in [6, 6.07) is 31.2. The number of carbonyl (C=O) groups excluding carboxylic acids is 1. The van der Waals surface area contributed by atoms with E-state index in [0.717, 1.165) is 52.0 Å². The predicted molar refractivity (Wildman–Crippen MR) is 195 cm³/mol. The molecule has 0 aliphatic carbocycles. The van der Waals surface area contributed by atoms with Crippen molar-refractivity contribution < 1.29 is 34.4 Å². The van der Waals surface area contributed by atoms with Crippen LogP contribution in [0.3, 0.4) is 0 Å². The number of hydrogen-bond acceptors (Lipinski definition) is 7. The number of amides is 1. The number of carbonyl (C=O) groups is 2. The Balaban J connectivity index is 1.18. The van der Waals surface area contributed by atoms with Crippen LogP contribution < -0.4 is 5.32 Å². The van der Waals surface area contributed by atoms with Crippen molar-refractivity contribution in [3.63, 3.8) is 0 Å². The first-order chi connectivity index (χ1) is 24.6. The Kier molecular flexibility index (Phi) is 11.9. The van der Waals surface area contributed by atoms with E-state index in [-0.39, 0.29) is 50.0 Å². The van der Waals surface area contributed by atoms with Gasteiger partial charge in [-0.05, 0) is 58.4 Å². The van der Waals surface area contributed by atoms with Crippen molar-refractivity contribution in [2.75, 3.05) is 19.6 Å². The molecule has 2 heterocycles. The van der Waals surface area contributed by atoms with Crippen molar-refractivity contribution in [2.24, 2.45) is 5.92 Å². The zero-order chi connectivity index (χ0) is 36.0. The van der Waals surface area contributed by atoms with Gasteiger partial charge in [-0.2, -0.15) is 0 Å². The van der Waals surface area contributed by atoms with E-state index in [4.69, 9.17) is 26.2 Å². The fourth-order valence-corrected chi connectivity index (χ4v) is 7.14. The van der Waals surface area contributed by atoms with Crippen molar-refractivity contribution in [2.45, 2.75) is 69.9 Å². The van der Waals surface area contributed by atoms with E-state index in [0.29, 0.717) is 24.4 Å². The molecule has 2 aliphatic rings. The number of hydrogen-bond donors (Lipinski definition) is 4. The number of rotatable bonds is 12. The first-order valence-electron chi connectivity index (χ1n) is 17.5. The van der Waals surface area contributed by atoms with E-state index in [2.05, 4.69) is 17.1 Å². The van der Waals surface area contributed by atoms with Gasteiger partial charge in [0.25, 0.3) is 0 Å². The van der Waals surface area contributed by atoms with Crippen LogP contribution >= 0.6 is 11.6 Å². The van der Waals surface area contributed by atoms with Gasteiger partial charge in [-0.1, -0.05) is 103 Å². The van der Waals surface area contributed by atoms with Crippen LogP contribution in [-0.4, -0.2) is 57.8 Å². The van der Waals surface area contributed by atoms with Gasteiger partial charge >= 0.3 is 5.97 Å². The Hall–Kier alpha value is -4.09. The summed E-state index contributed by atoms with van der Waals surface area (Å²) in [5.41, 5.74) is 5.58. The fraction of sp³-hybridized carbons (Fsp3) is 0.366. The molecule has 0 saturated carbocycles. The number of halogens is 1. The summed E-state index contributed by atoms with van der Waals surface area (Å²) in [4.78, 5) is 25.4. The van der Waals surface area contributed by atoms with Gasteiger partial charge in [0.05, 0.1) is 30.8 Å². The number of ether oxygens (including phenoxy) is 2. The maximum Gasteiger partial charge on any atom is 0.303 e. The topological polar surface area (TPSA) is 129 Å². The minimum Gasteiger partial charge on any atom is -0.481 e. The van der Waals surface area contributed by atoms with Crippen LogP contribution in [0.15, 0.2) is 97.1 Å². The first kappa shape index (κ1) is 36.7. The minimum atomic E-state index is -1.00. The fourth-order valence-electron chi connectivity index (χ4n) is 7.02. The highest BCUT2D eigenvalue weighted by Crippen LogP contribution is 2.43. The number of likely N-dealkylation sites (tertiary alicyclic amines) is 1. The van der Waals surface area contributed by atoms with E-state index in [1.54, 1.807) is 0 Å². The summed E-state index contributed by atoms with van der Waals surface area (Å²) in [5, 5.41) is 33.5. The molecule has 4 N–H and O–H groups in total. The van der Waals surface area contributed by atoms with Gasteiger partial charge in [-0.15, -0.1) is 0 Å². The summed E-state index contributed by atoms with van der Waals surface area (Å²) in [6.07, 6.45) is -0.0837. The number of carboxylic acids is 1. The number of nitrogens with zero attached hydrogens (tertiary/aromatic N) is 1. The lowest BCUT2D eigenvalue weighted by molar-refractivity contribution is -0.277. The van der Waals surface area contributed by atoms with Gasteiger partial charge in [0.15, 0.2) is 6.29 Å². The van der Waals surface area contributed by atoms with Crippen LogP contribution in [0.2, 0.25) is 5.02 Å². The van der Waals surface area contributed by atoms with Crippen molar-refractivity contribution in [3.05, 3.63) is 130 Å². The standard InChI is InChI=1S/C41H45ClN2O7/c1-27-36(25-44-22-20-41(49,21-23-44)33-14-16-34(42)17-15-33)50-40(51-39(27)30-8-6-28(26-45)7-9-30)31-12-10-29(11-13-31)35-5-3-2-4-32(35)24-43-37(46)18-19-38(47)48/h2-17,27,36,39-40,45,49H,18-26H2,1H3,(H,43,46)(H,47,48)/t27-,36+,39+,40+/m0/s1. The second-order valence-corrected chi connectivity index (χ2v) is 14.0. The number of aliphatic hydroxyl groups excluding tert-OH is 1. The second kappa shape index (κ2) is 16.5. The molecule has 9 nitrogen and oxygen atoms in total. The monoisotopic (exact) mass is 712 g/mol. The molecule has 2 fully saturated rings. The summed E-state index contributed by atoms with van der Waals surface area (Å²) in [5.74, 6) is -1.28. The summed E-state index contributed by atoms with van der Waals surface area (Å²) in [6.45, 7) is 4.55. The van der Waals surface area contributed by atoms with Gasteiger partial charge in [0.2, 0.25) is 5.91 Å². The van der Waals surface area contributed by atoms with Gasteiger partial charge in [-0.3, -0.25) is 9.59 Å². The zero-order valence-corrected chi connectivity index (χ0v) is 29.5. The van der Waals surface area contributed by atoms with Gasteiger partial charge in [-0.25, -0.2) is 0 Å². The number of nitrogens with one attached hydrogen (secondary N) is 1. The molecule has 51 heavy (non-hydrogen) atoms. The Bertz CT molecular complexity index is 1770. The normalized spacial score (nSPS) is 22.0. The molecule has 1 amide bonds. The van der Waals surface area contributed by atoms with E-state index < -0.39 is 17.9 Å². The van der Waals surface area contributed by atoms with E-state index in [1.807, 2.05) is 97.1 Å². The van der Waals surface area contributed by atoms with Crippen LogP contribution in [0.1, 0.15) is 72.8 Å². The molecule has 0 unspecified atom stereocenters. The molecule has 10 heteroatoms. The maximum absolute atomic E-state index is 12.2. The van der Waals surface area contributed by atoms with Crippen LogP contribution in [0, 0.1) is 5.92 Å². The van der Waals surface area contributed by atoms with E-state index in [1.165, 1.54) is 0 Å². The lowest BCUT2D eigenvalue weighted by Crippen LogP contribution is -2.49. The Labute approximate surface area is 303 Å². The summed E-state index contributed by atoms with van der Waals surface area (Å²) >= 11 is 6.10. The molecule has 0 aromatic heterocycles. The van der Waals surface area contributed by atoms with E-state index in [9.17, 15) is 19.8 Å². The molecule has 0 bridgehead atoms. The average molecular weight is 713 g/mol. The molecule has 0 spiro atoms. The third kappa shape index (κ3) is 9.05. The summed E-state index contributed by atoms with van der Waals surface area (Å²) < 4.78 is 13.4. The molecule has 4 atom stereocenters. The van der Waals surface area contributed by atoms with Crippen LogP contribution in [0.4, 0.5) is 0 Å². The molecule has 4 aromatic rings. The third-order valence-electron chi connectivity index (χ3n) is 10.2. The number of piperidine rings is 1. The molecular weight excluding hydrogens is 668 g/mol. The maximum atomic E-state index is 12.2. The summed E-state index contributed by atoms with van der Waals surface area (Å²) in [7, 11) is 0. The minimum absolute atomic E-state index is 0.0233. The lowest BCUT2D eigenvalue weighted by atomic mass is 9.84.